The maximum absolute atomic E-state index is 11.7. The fourth-order valence-corrected chi connectivity index (χ4v) is 2.20. The summed E-state index contributed by atoms with van der Waals surface area (Å²) in [5.74, 6) is 0. The first-order chi connectivity index (χ1) is 9.56. The number of aromatic nitrogens is 1. The Morgan fingerprint density at radius 3 is 2.80 bits per heavy atom. The Morgan fingerprint density at radius 1 is 1.25 bits per heavy atom. The smallest absolute Gasteiger partial charge is 0.250 e. The van der Waals surface area contributed by atoms with Gasteiger partial charge in [-0.2, -0.15) is 0 Å². The Balaban J connectivity index is 1.92. The molecule has 0 spiro atoms. The van der Waals surface area contributed by atoms with Crippen molar-refractivity contribution in [3.05, 3.63) is 58.5 Å². The highest BCUT2D eigenvalue weighted by molar-refractivity contribution is 5.47. The van der Waals surface area contributed by atoms with E-state index in [0.29, 0.717) is 12.2 Å². The van der Waals surface area contributed by atoms with Crippen molar-refractivity contribution >= 4 is 11.4 Å². The lowest BCUT2D eigenvalue weighted by molar-refractivity contribution is 0.620. The second kappa shape index (κ2) is 6.28. The van der Waals surface area contributed by atoms with Crippen LogP contribution >= 0.6 is 0 Å². The van der Waals surface area contributed by atoms with E-state index < -0.39 is 0 Å². The SMILES string of the molecule is Cc1cccc(N(C)CCCn2cc(N)ccc2=O)c1. The van der Waals surface area contributed by atoms with Crippen LogP contribution < -0.4 is 16.2 Å². The molecule has 0 aliphatic heterocycles. The van der Waals surface area contributed by atoms with E-state index in [1.54, 1.807) is 16.8 Å². The van der Waals surface area contributed by atoms with E-state index >= 15 is 0 Å². The molecule has 0 amide bonds. The minimum atomic E-state index is -0.00240. The number of nitrogens with two attached hydrogens (primary N) is 1. The Bertz CT molecular complexity index is 634. The second-order valence-corrected chi connectivity index (χ2v) is 5.11. The number of hydrogen-bond donors (Lipinski definition) is 1. The monoisotopic (exact) mass is 271 g/mol. The molecule has 0 unspecified atom stereocenters. The van der Waals surface area contributed by atoms with E-state index in [9.17, 15) is 4.79 Å². The first kappa shape index (κ1) is 14.2. The molecule has 1 aromatic carbocycles. The molecule has 0 aliphatic rings. The van der Waals surface area contributed by atoms with Crippen molar-refractivity contribution < 1.29 is 0 Å². The number of nitrogen functional groups attached to an aromatic ring is 1. The predicted molar refractivity (Wildman–Crippen MR) is 84.2 cm³/mol. The quantitative estimate of drug-likeness (QED) is 0.907. The van der Waals surface area contributed by atoms with Gasteiger partial charge in [0.05, 0.1) is 0 Å². The molecule has 0 atom stereocenters. The zero-order valence-corrected chi connectivity index (χ0v) is 12.0. The van der Waals surface area contributed by atoms with Gasteiger partial charge < -0.3 is 15.2 Å². The van der Waals surface area contributed by atoms with E-state index in [0.717, 1.165) is 13.0 Å². The van der Waals surface area contributed by atoms with E-state index in [2.05, 4.69) is 43.1 Å². The zero-order chi connectivity index (χ0) is 14.5. The van der Waals surface area contributed by atoms with Crippen molar-refractivity contribution in [2.24, 2.45) is 0 Å². The molecule has 0 saturated heterocycles. The van der Waals surface area contributed by atoms with Crippen molar-refractivity contribution in [1.82, 2.24) is 4.57 Å². The van der Waals surface area contributed by atoms with E-state index in [-0.39, 0.29) is 5.56 Å². The lowest BCUT2D eigenvalue weighted by atomic mass is 10.2. The average Bonchev–Trinajstić information content (AvgIpc) is 2.42. The molecule has 2 rings (SSSR count). The van der Waals surface area contributed by atoms with Crippen LogP contribution in [0.4, 0.5) is 11.4 Å². The first-order valence-corrected chi connectivity index (χ1v) is 6.80. The van der Waals surface area contributed by atoms with E-state index in [1.807, 2.05) is 0 Å². The molecule has 4 heteroatoms. The van der Waals surface area contributed by atoms with Crippen molar-refractivity contribution in [3.63, 3.8) is 0 Å². The van der Waals surface area contributed by atoms with E-state index in [1.165, 1.54) is 17.3 Å². The van der Waals surface area contributed by atoms with E-state index in [4.69, 9.17) is 5.73 Å². The van der Waals surface area contributed by atoms with Crippen LogP contribution in [-0.2, 0) is 6.54 Å². The molecule has 0 fully saturated rings. The molecule has 0 aliphatic carbocycles. The summed E-state index contributed by atoms with van der Waals surface area (Å²) in [6.45, 7) is 3.66. The number of nitrogens with zero attached hydrogens (tertiary/aromatic N) is 2. The molecule has 106 valence electrons. The fraction of sp³-hybridized carbons (Fsp3) is 0.312. The van der Waals surface area contributed by atoms with Crippen LogP contribution in [0.5, 0.6) is 0 Å². The standard InChI is InChI=1S/C16H21N3O/c1-13-5-3-6-15(11-13)18(2)9-4-10-19-12-14(17)7-8-16(19)20/h3,5-8,11-12H,4,9-10,17H2,1-2H3. The van der Waals surface area contributed by atoms with Gasteiger partial charge in [-0.05, 0) is 37.1 Å². The molecule has 0 radical (unpaired) electrons. The number of pyridine rings is 1. The summed E-state index contributed by atoms with van der Waals surface area (Å²) >= 11 is 0. The third-order valence-electron chi connectivity index (χ3n) is 3.34. The maximum Gasteiger partial charge on any atom is 0.250 e. The minimum Gasteiger partial charge on any atom is -0.398 e. The second-order valence-electron chi connectivity index (χ2n) is 5.11. The third-order valence-corrected chi connectivity index (χ3v) is 3.34. The highest BCUT2D eigenvalue weighted by Gasteiger charge is 2.02. The van der Waals surface area contributed by atoms with Crippen LogP contribution in [0, 0.1) is 6.92 Å². The molecule has 20 heavy (non-hydrogen) atoms. The number of anilines is 2. The highest BCUT2D eigenvalue weighted by atomic mass is 16.1. The highest BCUT2D eigenvalue weighted by Crippen LogP contribution is 2.14. The van der Waals surface area contributed by atoms with Gasteiger partial charge in [0.15, 0.2) is 0 Å². The minimum absolute atomic E-state index is 0.00240. The largest absolute Gasteiger partial charge is 0.398 e. The normalized spacial score (nSPS) is 10.5. The van der Waals surface area contributed by atoms with Crippen molar-refractivity contribution in [3.8, 4) is 0 Å². The van der Waals surface area contributed by atoms with Crippen LogP contribution in [0.25, 0.3) is 0 Å². The van der Waals surface area contributed by atoms with Gasteiger partial charge in [0.1, 0.15) is 0 Å². The van der Waals surface area contributed by atoms with Crippen LogP contribution in [0.15, 0.2) is 47.4 Å². The Morgan fingerprint density at radius 2 is 2.05 bits per heavy atom. The Labute approximate surface area is 119 Å². The molecular formula is C16H21N3O. The zero-order valence-electron chi connectivity index (χ0n) is 12.0. The number of rotatable bonds is 5. The van der Waals surface area contributed by atoms with Crippen molar-refractivity contribution in [2.45, 2.75) is 19.9 Å². The molecule has 0 bridgehead atoms. The molecule has 2 aromatic rings. The Kier molecular flexibility index (Phi) is 4.45. The summed E-state index contributed by atoms with van der Waals surface area (Å²) in [4.78, 5) is 13.9. The van der Waals surface area contributed by atoms with Gasteiger partial charge in [-0.25, -0.2) is 0 Å². The third kappa shape index (κ3) is 3.63. The fourth-order valence-electron chi connectivity index (χ4n) is 2.20. The molecule has 2 N–H and O–H groups in total. The van der Waals surface area contributed by atoms with Gasteiger partial charge in [0, 0.05) is 43.8 Å². The molecule has 4 nitrogen and oxygen atoms in total. The summed E-state index contributed by atoms with van der Waals surface area (Å²) in [7, 11) is 2.07. The molecule has 1 heterocycles. The average molecular weight is 271 g/mol. The summed E-state index contributed by atoms with van der Waals surface area (Å²) in [5, 5.41) is 0. The number of aryl methyl sites for hydroxylation is 2. The predicted octanol–water partition coefficient (Wildman–Crippen LogP) is 2.27. The number of hydrogen-bond acceptors (Lipinski definition) is 3. The van der Waals surface area contributed by atoms with Crippen molar-refractivity contribution in [1.29, 1.82) is 0 Å². The van der Waals surface area contributed by atoms with Gasteiger partial charge >= 0.3 is 0 Å². The summed E-state index contributed by atoms with van der Waals surface area (Å²) in [6.07, 6.45) is 2.60. The van der Waals surface area contributed by atoms with Crippen LogP contribution in [0.1, 0.15) is 12.0 Å². The van der Waals surface area contributed by atoms with Crippen LogP contribution in [0.3, 0.4) is 0 Å². The molecule has 0 saturated carbocycles. The lowest BCUT2D eigenvalue weighted by Gasteiger charge is -2.20. The number of benzene rings is 1. The maximum atomic E-state index is 11.7. The van der Waals surface area contributed by atoms with Gasteiger partial charge in [-0.15, -0.1) is 0 Å². The van der Waals surface area contributed by atoms with Gasteiger partial charge in [0.2, 0.25) is 0 Å². The van der Waals surface area contributed by atoms with Gasteiger partial charge in [-0.3, -0.25) is 4.79 Å². The van der Waals surface area contributed by atoms with Crippen LogP contribution in [-0.4, -0.2) is 18.2 Å². The van der Waals surface area contributed by atoms with Gasteiger partial charge in [0.25, 0.3) is 5.56 Å². The van der Waals surface area contributed by atoms with Crippen LogP contribution in [0.2, 0.25) is 0 Å². The first-order valence-electron chi connectivity index (χ1n) is 6.80. The van der Waals surface area contributed by atoms with Gasteiger partial charge in [-0.1, -0.05) is 12.1 Å². The lowest BCUT2D eigenvalue weighted by Crippen LogP contribution is -2.24. The Hall–Kier alpha value is -2.23. The molecular weight excluding hydrogens is 250 g/mol. The molecule has 1 aromatic heterocycles. The topological polar surface area (TPSA) is 51.3 Å². The summed E-state index contributed by atoms with van der Waals surface area (Å²) in [6, 6.07) is 11.6. The van der Waals surface area contributed by atoms with Crippen molar-refractivity contribution in [2.75, 3.05) is 24.2 Å². The summed E-state index contributed by atoms with van der Waals surface area (Å²) in [5.41, 5.74) is 8.77. The summed E-state index contributed by atoms with van der Waals surface area (Å²) < 4.78 is 1.67.